The summed E-state index contributed by atoms with van der Waals surface area (Å²) in [5.74, 6) is 0.840. The van der Waals surface area contributed by atoms with Gasteiger partial charge in [0.1, 0.15) is 5.75 Å². The number of ether oxygens (including phenoxy) is 1. The van der Waals surface area contributed by atoms with Crippen molar-refractivity contribution in [1.29, 1.82) is 0 Å². The molecule has 18 heavy (non-hydrogen) atoms. The van der Waals surface area contributed by atoms with Gasteiger partial charge in [-0.2, -0.15) is 0 Å². The van der Waals surface area contributed by atoms with Crippen molar-refractivity contribution in [2.24, 2.45) is 5.92 Å². The first-order chi connectivity index (χ1) is 8.56. The van der Waals surface area contributed by atoms with Crippen molar-refractivity contribution in [3.05, 3.63) is 29.3 Å². The molecule has 0 spiro atoms. The minimum atomic E-state index is -0.0405. The average molecular weight is 251 g/mol. The Morgan fingerprint density at radius 3 is 2.83 bits per heavy atom. The molecule has 0 aliphatic rings. The second kappa shape index (κ2) is 7.01. The molecule has 4 heteroatoms. The normalized spacial score (nSPS) is 12.0. The molecule has 0 aliphatic heterocycles. The van der Waals surface area contributed by atoms with Gasteiger partial charge in [0.05, 0.1) is 13.5 Å². The Hall–Kier alpha value is -1.55. The van der Waals surface area contributed by atoms with Crippen LogP contribution in [0.3, 0.4) is 0 Å². The molecular formula is C14H21NO3. The minimum Gasteiger partial charge on any atom is -0.496 e. The maximum absolute atomic E-state index is 11.7. The lowest BCUT2D eigenvalue weighted by Crippen LogP contribution is -2.30. The molecule has 1 atom stereocenters. The van der Waals surface area contributed by atoms with E-state index in [0.29, 0.717) is 13.0 Å². The summed E-state index contributed by atoms with van der Waals surface area (Å²) in [6, 6.07) is 5.75. The Morgan fingerprint density at radius 1 is 1.50 bits per heavy atom. The van der Waals surface area contributed by atoms with Crippen LogP contribution in [0.1, 0.15) is 18.1 Å². The van der Waals surface area contributed by atoms with Crippen LogP contribution in [0, 0.1) is 12.8 Å². The molecule has 4 nitrogen and oxygen atoms in total. The molecule has 1 amide bonds. The molecule has 1 aromatic rings. The Bertz CT molecular complexity index is 404. The molecule has 0 heterocycles. The molecule has 0 bridgehead atoms. The van der Waals surface area contributed by atoms with E-state index in [-0.39, 0.29) is 18.4 Å². The lowest BCUT2D eigenvalue weighted by molar-refractivity contribution is -0.120. The summed E-state index contributed by atoms with van der Waals surface area (Å²) in [7, 11) is 1.62. The number of nitrogens with one attached hydrogen (secondary N) is 1. The minimum absolute atomic E-state index is 0.0405. The van der Waals surface area contributed by atoms with Crippen LogP contribution in [-0.4, -0.2) is 31.3 Å². The van der Waals surface area contributed by atoms with Gasteiger partial charge in [-0.3, -0.25) is 4.79 Å². The number of rotatable bonds is 6. The van der Waals surface area contributed by atoms with Gasteiger partial charge >= 0.3 is 0 Å². The molecule has 0 aromatic heterocycles. The summed E-state index contributed by atoms with van der Waals surface area (Å²) < 4.78 is 5.22. The summed E-state index contributed by atoms with van der Waals surface area (Å²) in [6.07, 6.45) is 0.328. The molecular weight excluding hydrogens is 230 g/mol. The quantitative estimate of drug-likeness (QED) is 0.801. The van der Waals surface area contributed by atoms with E-state index in [9.17, 15) is 4.79 Å². The zero-order valence-corrected chi connectivity index (χ0v) is 11.2. The first kappa shape index (κ1) is 14.5. The Kier molecular flexibility index (Phi) is 5.65. The molecule has 0 saturated heterocycles. The fourth-order valence-electron chi connectivity index (χ4n) is 1.57. The van der Waals surface area contributed by atoms with Crippen molar-refractivity contribution in [3.63, 3.8) is 0 Å². The number of amides is 1. The van der Waals surface area contributed by atoms with E-state index in [0.717, 1.165) is 16.9 Å². The van der Waals surface area contributed by atoms with Crippen LogP contribution in [0.4, 0.5) is 0 Å². The third-order valence-corrected chi connectivity index (χ3v) is 2.80. The number of benzene rings is 1. The zero-order chi connectivity index (χ0) is 13.5. The van der Waals surface area contributed by atoms with Gasteiger partial charge in [-0.25, -0.2) is 0 Å². The number of methoxy groups -OCH3 is 1. The molecule has 0 saturated carbocycles. The van der Waals surface area contributed by atoms with E-state index in [1.54, 1.807) is 7.11 Å². The number of hydrogen-bond donors (Lipinski definition) is 2. The summed E-state index contributed by atoms with van der Waals surface area (Å²) >= 11 is 0. The first-order valence-electron chi connectivity index (χ1n) is 6.08. The van der Waals surface area contributed by atoms with Crippen molar-refractivity contribution in [3.8, 4) is 5.75 Å². The van der Waals surface area contributed by atoms with Crippen molar-refractivity contribution < 1.29 is 14.6 Å². The van der Waals surface area contributed by atoms with E-state index in [2.05, 4.69) is 5.32 Å². The van der Waals surface area contributed by atoms with Crippen LogP contribution >= 0.6 is 0 Å². The van der Waals surface area contributed by atoms with E-state index in [1.807, 2.05) is 32.0 Å². The van der Waals surface area contributed by atoms with Crippen molar-refractivity contribution in [1.82, 2.24) is 5.32 Å². The Balaban J connectivity index is 2.54. The van der Waals surface area contributed by atoms with Gasteiger partial charge in [-0.05, 0) is 30.0 Å². The SMILES string of the molecule is COc1cc(CC(=O)NCC(C)CO)ccc1C. The van der Waals surface area contributed by atoms with Crippen LogP contribution < -0.4 is 10.1 Å². The summed E-state index contributed by atoms with van der Waals surface area (Å²) in [4.78, 5) is 11.7. The first-order valence-corrected chi connectivity index (χ1v) is 6.08. The maximum Gasteiger partial charge on any atom is 0.224 e. The maximum atomic E-state index is 11.7. The summed E-state index contributed by atoms with van der Waals surface area (Å²) in [5, 5.41) is 11.7. The summed E-state index contributed by atoms with van der Waals surface area (Å²) in [5.41, 5.74) is 1.97. The van der Waals surface area contributed by atoms with Gasteiger partial charge in [0.15, 0.2) is 0 Å². The van der Waals surface area contributed by atoms with Crippen LogP contribution in [0.5, 0.6) is 5.75 Å². The fourth-order valence-corrected chi connectivity index (χ4v) is 1.57. The summed E-state index contributed by atoms with van der Waals surface area (Å²) in [6.45, 7) is 4.43. The highest BCUT2D eigenvalue weighted by Crippen LogP contribution is 2.19. The molecule has 2 N–H and O–H groups in total. The highest BCUT2D eigenvalue weighted by atomic mass is 16.5. The highest BCUT2D eigenvalue weighted by Gasteiger charge is 2.07. The Morgan fingerprint density at radius 2 is 2.22 bits per heavy atom. The Labute approximate surface area is 108 Å². The second-order valence-electron chi connectivity index (χ2n) is 4.57. The van der Waals surface area contributed by atoms with E-state index in [4.69, 9.17) is 9.84 Å². The molecule has 1 rings (SSSR count). The molecule has 0 fully saturated rings. The number of carbonyl (C=O) groups excluding carboxylic acids is 1. The number of carbonyl (C=O) groups is 1. The topological polar surface area (TPSA) is 58.6 Å². The van der Waals surface area contributed by atoms with Gasteiger partial charge in [0.25, 0.3) is 0 Å². The predicted molar refractivity (Wildman–Crippen MR) is 70.7 cm³/mol. The third-order valence-electron chi connectivity index (χ3n) is 2.80. The van der Waals surface area contributed by atoms with Crippen LogP contribution in [-0.2, 0) is 11.2 Å². The smallest absolute Gasteiger partial charge is 0.224 e. The van der Waals surface area contributed by atoms with Gasteiger partial charge < -0.3 is 15.2 Å². The fraction of sp³-hybridized carbons (Fsp3) is 0.500. The largest absolute Gasteiger partial charge is 0.496 e. The molecule has 0 aliphatic carbocycles. The number of hydrogen-bond acceptors (Lipinski definition) is 3. The van der Waals surface area contributed by atoms with Gasteiger partial charge in [-0.1, -0.05) is 19.1 Å². The van der Waals surface area contributed by atoms with Gasteiger partial charge in [-0.15, -0.1) is 0 Å². The number of aliphatic hydroxyl groups is 1. The standard InChI is InChI=1S/C14H21NO3/c1-10(9-16)8-15-14(17)7-12-5-4-11(2)13(6-12)18-3/h4-6,10,16H,7-9H2,1-3H3,(H,15,17). The number of aryl methyl sites for hydroxylation is 1. The predicted octanol–water partition coefficient (Wildman–Crippen LogP) is 1.29. The molecule has 100 valence electrons. The highest BCUT2D eigenvalue weighted by molar-refractivity contribution is 5.78. The monoisotopic (exact) mass is 251 g/mol. The van der Waals surface area contributed by atoms with Crippen molar-refractivity contribution in [2.75, 3.05) is 20.3 Å². The average Bonchev–Trinajstić information content (AvgIpc) is 2.38. The van der Waals surface area contributed by atoms with Gasteiger partial charge in [0.2, 0.25) is 5.91 Å². The van der Waals surface area contributed by atoms with Crippen molar-refractivity contribution >= 4 is 5.91 Å². The van der Waals surface area contributed by atoms with E-state index >= 15 is 0 Å². The van der Waals surface area contributed by atoms with Crippen LogP contribution in [0.25, 0.3) is 0 Å². The third kappa shape index (κ3) is 4.37. The molecule has 0 radical (unpaired) electrons. The zero-order valence-electron chi connectivity index (χ0n) is 11.2. The lowest BCUT2D eigenvalue weighted by atomic mass is 10.1. The van der Waals surface area contributed by atoms with Crippen LogP contribution in [0.2, 0.25) is 0 Å². The van der Waals surface area contributed by atoms with Crippen molar-refractivity contribution in [2.45, 2.75) is 20.3 Å². The second-order valence-corrected chi connectivity index (χ2v) is 4.57. The lowest BCUT2D eigenvalue weighted by Gasteiger charge is -2.10. The number of aliphatic hydroxyl groups excluding tert-OH is 1. The van der Waals surface area contributed by atoms with Crippen LogP contribution in [0.15, 0.2) is 18.2 Å². The van der Waals surface area contributed by atoms with E-state index in [1.165, 1.54) is 0 Å². The molecule has 1 aromatic carbocycles. The van der Waals surface area contributed by atoms with E-state index < -0.39 is 0 Å². The molecule has 1 unspecified atom stereocenters. The van der Waals surface area contributed by atoms with Gasteiger partial charge in [0, 0.05) is 13.2 Å².